The minimum Gasteiger partial charge on any atom is -0.264 e. The van der Waals surface area contributed by atoms with Gasteiger partial charge in [0.1, 0.15) is 0 Å². The van der Waals surface area contributed by atoms with E-state index < -0.39 is 11.7 Å². The Kier molecular flexibility index (Phi) is 4.66. The maximum atomic E-state index is 13.5. The van der Waals surface area contributed by atoms with Crippen LogP contribution in [0.3, 0.4) is 0 Å². The van der Waals surface area contributed by atoms with Crippen molar-refractivity contribution in [3.8, 4) is 22.4 Å². The predicted octanol–water partition coefficient (Wildman–Crippen LogP) is 5.72. The van der Waals surface area contributed by atoms with Crippen molar-refractivity contribution < 1.29 is 13.2 Å². The Balaban J connectivity index is 2.12. The molecule has 0 saturated heterocycles. The summed E-state index contributed by atoms with van der Waals surface area (Å²) in [5, 5.41) is 0.604. The zero-order chi connectivity index (χ0) is 17.2. The fraction of sp³-hybridized carbons (Fsp3) is 0.111. The Morgan fingerprint density at radius 3 is 2.38 bits per heavy atom. The van der Waals surface area contributed by atoms with Crippen molar-refractivity contribution in [2.45, 2.75) is 11.5 Å². The molecule has 0 aliphatic rings. The topological polar surface area (TPSA) is 25.8 Å². The van der Waals surface area contributed by atoms with E-state index in [4.69, 9.17) is 0 Å². The van der Waals surface area contributed by atoms with Crippen molar-refractivity contribution in [1.29, 1.82) is 0 Å². The predicted molar refractivity (Wildman–Crippen MR) is 90.5 cm³/mol. The van der Waals surface area contributed by atoms with E-state index >= 15 is 0 Å². The van der Waals surface area contributed by atoms with E-state index in [1.165, 1.54) is 12.3 Å². The summed E-state index contributed by atoms with van der Waals surface area (Å²) in [6.45, 7) is 0. The Morgan fingerprint density at radius 1 is 0.958 bits per heavy atom. The molecule has 0 aliphatic carbocycles. The fourth-order valence-corrected chi connectivity index (χ4v) is 2.71. The normalized spacial score (nSPS) is 11.5. The van der Waals surface area contributed by atoms with Gasteiger partial charge in [-0.3, -0.25) is 9.97 Å². The van der Waals surface area contributed by atoms with Gasteiger partial charge >= 0.3 is 6.18 Å². The maximum Gasteiger partial charge on any atom is 0.417 e. The SMILES string of the molecule is FC(F)(F)c1cc(-c2cccnc2)ccc1-c1ccc(CBr)cn1. The van der Waals surface area contributed by atoms with Gasteiger partial charge < -0.3 is 0 Å². The highest BCUT2D eigenvalue weighted by Gasteiger charge is 2.34. The highest BCUT2D eigenvalue weighted by Crippen LogP contribution is 2.38. The second-order valence-corrected chi connectivity index (χ2v) is 5.75. The van der Waals surface area contributed by atoms with Crippen LogP contribution in [0.1, 0.15) is 11.1 Å². The molecule has 0 aliphatic heterocycles. The number of halogens is 4. The smallest absolute Gasteiger partial charge is 0.264 e. The summed E-state index contributed by atoms with van der Waals surface area (Å²) in [5.74, 6) is 0. The van der Waals surface area contributed by atoms with Gasteiger partial charge in [0.15, 0.2) is 0 Å². The van der Waals surface area contributed by atoms with Crippen LogP contribution in [-0.2, 0) is 11.5 Å². The first-order valence-electron chi connectivity index (χ1n) is 7.12. The number of nitrogens with zero attached hydrogens (tertiary/aromatic N) is 2. The highest BCUT2D eigenvalue weighted by atomic mass is 79.9. The molecule has 2 aromatic heterocycles. The maximum absolute atomic E-state index is 13.5. The molecule has 122 valence electrons. The van der Waals surface area contributed by atoms with Crippen LogP contribution in [0, 0.1) is 0 Å². The minimum absolute atomic E-state index is 0.0660. The Hall–Kier alpha value is -2.21. The van der Waals surface area contributed by atoms with Crippen LogP contribution in [0.2, 0.25) is 0 Å². The molecule has 2 nitrogen and oxygen atoms in total. The summed E-state index contributed by atoms with van der Waals surface area (Å²) in [6, 6.07) is 11.0. The third-order valence-corrected chi connectivity index (χ3v) is 4.22. The van der Waals surface area contributed by atoms with Crippen molar-refractivity contribution in [3.63, 3.8) is 0 Å². The number of rotatable bonds is 3. The van der Waals surface area contributed by atoms with E-state index in [0.717, 1.165) is 11.6 Å². The molecular weight excluding hydrogens is 381 g/mol. The molecule has 0 radical (unpaired) electrons. The highest BCUT2D eigenvalue weighted by molar-refractivity contribution is 9.08. The Labute approximate surface area is 145 Å². The standard InChI is InChI=1S/C18H12BrF3N2/c19-9-12-3-6-17(24-10-12)15-5-4-13(8-16(15)18(20,21)22)14-2-1-7-23-11-14/h1-8,10-11H,9H2. The summed E-state index contributed by atoms with van der Waals surface area (Å²) >= 11 is 3.29. The molecule has 24 heavy (non-hydrogen) atoms. The third kappa shape index (κ3) is 3.48. The van der Waals surface area contributed by atoms with Gasteiger partial charge in [-0.2, -0.15) is 13.2 Å². The van der Waals surface area contributed by atoms with Gasteiger partial charge in [0.2, 0.25) is 0 Å². The monoisotopic (exact) mass is 392 g/mol. The van der Waals surface area contributed by atoms with Gasteiger partial charge in [0, 0.05) is 35.0 Å². The summed E-state index contributed by atoms with van der Waals surface area (Å²) in [7, 11) is 0. The van der Waals surface area contributed by atoms with Crippen LogP contribution in [-0.4, -0.2) is 9.97 Å². The van der Waals surface area contributed by atoms with Gasteiger partial charge in [-0.25, -0.2) is 0 Å². The molecule has 6 heteroatoms. The van der Waals surface area contributed by atoms with E-state index in [0.29, 0.717) is 22.2 Å². The lowest BCUT2D eigenvalue weighted by Crippen LogP contribution is -2.08. The number of alkyl halides is 4. The van der Waals surface area contributed by atoms with Gasteiger partial charge in [-0.1, -0.05) is 40.2 Å². The average Bonchev–Trinajstić information content (AvgIpc) is 2.61. The summed E-state index contributed by atoms with van der Waals surface area (Å²) < 4.78 is 40.6. The molecule has 0 saturated carbocycles. The van der Waals surface area contributed by atoms with E-state index in [2.05, 4.69) is 25.9 Å². The number of pyridine rings is 2. The quantitative estimate of drug-likeness (QED) is 0.532. The molecule has 3 rings (SSSR count). The molecule has 0 spiro atoms. The third-order valence-electron chi connectivity index (χ3n) is 3.57. The van der Waals surface area contributed by atoms with Crippen LogP contribution in [0.15, 0.2) is 61.1 Å². The van der Waals surface area contributed by atoms with Gasteiger partial charge in [-0.15, -0.1) is 0 Å². The molecular formula is C18H12BrF3N2. The lowest BCUT2D eigenvalue weighted by Gasteiger charge is -2.14. The minimum atomic E-state index is -4.47. The van der Waals surface area contributed by atoms with Gasteiger partial charge in [0.05, 0.1) is 11.3 Å². The lowest BCUT2D eigenvalue weighted by molar-refractivity contribution is -0.137. The van der Waals surface area contributed by atoms with E-state index in [1.54, 1.807) is 42.7 Å². The van der Waals surface area contributed by atoms with Crippen molar-refractivity contribution >= 4 is 15.9 Å². The Bertz CT molecular complexity index is 831. The van der Waals surface area contributed by atoms with Crippen LogP contribution in [0.5, 0.6) is 0 Å². The summed E-state index contributed by atoms with van der Waals surface area (Å²) in [6.07, 6.45) is 0.221. The molecule has 1 aromatic carbocycles. The van der Waals surface area contributed by atoms with Crippen molar-refractivity contribution in [3.05, 3.63) is 72.2 Å². The average molecular weight is 393 g/mol. The van der Waals surface area contributed by atoms with Crippen LogP contribution < -0.4 is 0 Å². The number of aromatic nitrogens is 2. The van der Waals surface area contributed by atoms with Crippen LogP contribution in [0.25, 0.3) is 22.4 Å². The van der Waals surface area contributed by atoms with Crippen molar-refractivity contribution in [2.75, 3.05) is 0 Å². The summed E-state index contributed by atoms with van der Waals surface area (Å²) in [4.78, 5) is 8.11. The molecule has 0 amide bonds. The molecule has 0 N–H and O–H groups in total. The summed E-state index contributed by atoms with van der Waals surface area (Å²) in [5.41, 5.74) is 1.66. The lowest BCUT2D eigenvalue weighted by atomic mass is 9.97. The number of benzene rings is 1. The van der Waals surface area contributed by atoms with Gasteiger partial charge in [-0.05, 0) is 29.3 Å². The first-order chi connectivity index (χ1) is 11.5. The Morgan fingerprint density at radius 2 is 1.79 bits per heavy atom. The zero-order valence-corrected chi connectivity index (χ0v) is 14.0. The van der Waals surface area contributed by atoms with Crippen molar-refractivity contribution in [2.24, 2.45) is 0 Å². The first kappa shape index (κ1) is 16.6. The molecule has 2 heterocycles. The van der Waals surface area contributed by atoms with E-state index in [-0.39, 0.29) is 5.56 Å². The molecule has 0 unspecified atom stereocenters. The van der Waals surface area contributed by atoms with Gasteiger partial charge in [0.25, 0.3) is 0 Å². The largest absolute Gasteiger partial charge is 0.417 e. The van der Waals surface area contributed by atoms with Crippen LogP contribution in [0.4, 0.5) is 13.2 Å². The second-order valence-electron chi connectivity index (χ2n) is 5.19. The number of hydrogen-bond donors (Lipinski definition) is 0. The molecule has 0 fully saturated rings. The van der Waals surface area contributed by atoms with E-state index in [9.17, 15) is 13.2 Å². The van der Waals surface area contributed by atoms with E-state index in [1.807, 2.05) is 0 Å². The second kappa shape index (κ2) is 6.73. The zero-order valence-electron chi connectivity index (χ0n) is 12.4. The fourth-order valence-electron chi connectivity index (χ4n) is 2.38. The first-order valence-corrected chi connectivity index (χ1v) is 8.24. The van der Waals surface area contributed by atoms with Crippen molar-refractivity contribution in [1.82, 2.24) is 9.97 Å². The molecule has 0 bridgehead atoms. The molecule has 3 aromatic rings. The van der Waals surface area contributed by atoms with Crippen LogP contribution >= 0.6 is 15.9 Å². The number of hydrogen-bond acceptors (Lipinski definition) is 2. The molecule has 0 atom stereocenters.